The monoisotopic (exact) mass is 255 g/mol. The lowest BCUT2D eigenvalue weighted by atomic mass is 10.1. The molecule has 1 N–H and O–H groups in total. The second-order valence-corrected chi connectivity index (χ2v) is 5.06. The van der Waals surface area contributed by atoms with Crippen LogP contribution in [0.15, 0.2) is 6.33 Å². The maximum absolute atomic E-state index is 9.16. The number of nitrogens with zero attached hydrogens (tertiary/aromatic N) is 3. The Morgan fingerprint density at radius 1 is 1.47 bits per heavy atom. The van der Waals surface area contributed by atoms with Gasteiger partial charge in [0, 0.05) is 18.2 Å². The fraction of sp³-hybridized carbons (Fsp3) is 0.667. The van der Waals surface area contributed by atoms with Crippen molar-refractivity contribution in [2.45, 2.75) is 38.6 Å². The van der Waals surface area contributed by atoms with E-state index >= 15 is 0 Å². The molecule has 0 atom stereocenters. The smallest absolute Gasteiger partial charge is 0.138 e. The average Bonchev–Trinajstić information content (AvgIpc) is 3.08. The van der Waals surface area contributed by atoms with Crippen LogP contribution in [0.1, 0.15) is 38.2 Å². The summed E-state index contributed by atoms with van der Waals surface area (Å²) in [6.07, 6.45) is 3.83. The van der Waals surface area contributed by atoms with E-state index in [9.17, 15) is 0 Å². The van der Waals surface area contributed by atoms with Crippen LogP contribution in [0.3, 0.4) is 0 Å². The molecule has 1 heterocycles. The molecule has 0 aliphatic heterocycles. The number of rotatable bonds is 5. The van der Waals surface area contributed by atoms with Crippen LogP contribution in [-0.4, -0.2) is 34.3 Å². The maximum atomic E-state index is 9.16. The van der Waals surface area contributed by atoms with Crippen LogP contribution >= 0.6 is 11.6 Å². The zero-order valence-electron chi connectivity index (χ0n) is 10.2. The van der Waals surface area contributed by atoms with E-state index in [0.717, 1.165) is 11.4 Å². The fourth-order valence-electron chi connectivity index (χ4n) is 2.05. The van der Waals surface area contributed by atoms with Crippen LogP contribution in [0.25, 0.3) is 0 Å². The lowest BCUT2D eigenvalue weighted by Crippen LogP contribution is -2.31. The Hall–Kier alpha value is -0.870. The standard InChI is InChI=1S/C12H18ClN3O/c1-8(2)10-11(13)14-7-15-12(10)16(5-6-17)9-3-4-9/h7-9,17H,3-6H2,1-2H3. The molecule has 4 nitrogen and oxygen atoms in total. The summed E-state index contributed by atoms with van der Waals surface area (Å²) in [6, 6.07) is 0.505. The minimum Gasteiger partial charge on any atom is -0.395 e. The van der Waals surface area contributed by atoms with E-state index in [-0.39, 0.29) is 12.5 Å². The molecule has 5 heteroatoms. The molecule has 1 aromatic rings. The first-order chi connectivity index (χ1) is 8.15. The Kier molecular flexibility index (Phi) is 3.84. The van der Waals surface area contributed by atoms with E-state index in [1.807, 2.05) is 0 Å². The molecular formula is C12H18ClN3O. The molecule has 0 spiro atoms. The van der Waals surface area contributed by atoms with Gasteiger partial charge in [-0.15, -0.1) is 0 Å². The van der Waals surface area contributed by atoms with Crippen molar-refractivity contribution < 1.29 is 5.11 Å². The lowest BCUT2D eigenvalue weighted by Gasteiger charge is -2.26. The summed E-state index contributed by atoms with van der Waals surface area (Å²) < 4.78 is 0. The quantitative estimate of drug-likeness (QED) is 0.820. The number of anilines is 1. The molecule has 0 aromatic carbocycles. The van der Waals surface area contributed by atoms with Crippen LogP contribution in [0.2, 0.25) is 5.15 Å². The third-order valence-corrected chi connectivity index (χ3v) is 3.29. The predicted molar refractivity (Wildman–Crippen MR) is 68.6 cm³/mol. The van der Waals surface area contributed by atoms with Crippen molar-refractivity contribution in [3.05, 3.63) is 17.0 Å². The van der Waals surface area contributed by atoms with E-state index < -0.39 is 0 Å². The second kappa shape index (κ2) is 5.19. The van der Waals surface area contributed by atoms with Crippen LogP contribution in [0.5, 0.6) is 0 Å². The Morgan fingerprint density at radius 2 is 2.18 bits per heavy atom. The zero-order valence-corrected chi connectivity index (χ0v) is 11.0. The first kappa shape index (κ1) is 12.6. The summed E-state index contributed by atoms with van der Waals surface area (Å²) in [5, 5.41) is 9.68. The Balaban J connectivity index is 2.37. The van der Waals surface area contributed by atoms with Crippen molar-refractivity contribution in [1.29, 1.82) is 0 Å². The molecule has 2 rings (SSSR count). The van der Waals surface area contributed by atoms with Gasteiger partial charge in [0.05, 0.1) is 6.61 Å². The van der Waals surface area contributed by atoms with Gasteiger partial charge in [-0.25, -0.2) is 9.97 Å². The van der Waals surface area contributed by atoms with Crippen LogP contribution < -0.4 is 4.90 Å². The largest absolute Gasteiger partial charge is 0.395 e. The minimum absolute atomic E-state index is 0.135. The highest BCUT2D eigenvalue weighted by Gasteiger charge is 2.32. The highest BCUT2D eigenvalue weighted by atomic mass is 35.5. The third-order valence-electron chi connectivity index (χ3n) is 2.99. The van der Waals surface area contributed by atoms with Gasteiger partial charge < -0.3 is 10.0 Å². The van der Waals surface area contributed by atoms with E-state index in [2.05, 4.69) is 28.7 Å². The normalized spacial score (nSPS) is 15.4. The van der Waals surface area contributed by atoms with Crippen molar-refractivity contribution in [2.24, 2.45) is 0 Å². The van der Waals surface area contributed by atoms with Crippen molar-refractivity contribution in [3.63, 3.8) is 0 Å². The molecule has 0 saturated heterocycles. The Morgan fingerprint density at radius 3 is 2.71 bits per heavy atom. The van der Waals surface area contributed by atoms with Crippen LogP contribution in [0, 0.1) is 0 Å². The topological polar surface area (TPSA) is 49.2 Å². The Labute approximate surface area is 107 Å². The molecule has 1 saturated carbocycles. The van der Waals surface area contributed by atoms with Crippen LogP contribution in [0.4, 0.5) is 5.82 Å². The zero-order chi connectivity index (χ0) is 12.4. The second-order valence-electron chi connectivity index (χ2n) is 4.70. The highest BCUT2D eigenvalue weighted by molar-refractivity contribution is 6.30. The minimum atomic E-state index is 0.135. The first-order valence-electron chi connectivity index (χ1n) is 6.03. The molecule has 0 radical (unpaired) electrons. The van der Waals surface area contributed by atoms with Crippen LogP contribution in [-0.2, 0) is 0 Å². The molecular weight excluding hydrogens is 238 g/mol. The van der Waals surface area contributed by atoms with E-state index in [4.69, 9.17) is 16.7 Å². The number of aromatic nitrogens is 2. The molecule has 1 aromatic heterocycles. The third kappa shape index (κ3) is 2.69. The molecule has 94 valence electrons. The van der Waals surface area contributed by atoms with Gasteiger partial charge in [0.15, 0.2) is 0 Å². The average molecular weight is 256 g/mol. The molecule has 17 heavy (non-hydrogen) atoms. The maximum Gasteiger partial charge on any atom is 0.138 e. The van der Waals surface area contributed by atoms with Gasteiger partial charge in [-0.1, -0.05) is 25.4 Å². The molecule has 1 fully saturated rings. The summed E-state index contributed by atoms with van der Waals surface area (Å²) >= 11 is 6.15. The SMILES string of the molecule is CC(C)c1c(Cl)ncnc1N(CCO)C1CC1. The van der Waals surface area contributed by atoms with Crippen molar-refractivity contribution in [2.75, 3.05) is 18.1 Å². The highest BCUT2D eigenvalue weighted by Crippen LogP contribution is 2.36. The van der Waals surface area contributed by atoms with E-state index in [1.165, 1.54) is 19.2 Å². The van der Waals surface area contributed by atoms with Gasteiger partial charge >= 0.3 is 0 Å². The number of aliphatic hydroxyl groups is 1. The Bertz CT molecular complexity index is 393. The summed E-state index contributed by atoms with van der Waals surface area (Å²) in [7, 11) is 0. The van der Waals surface area contributed by atoms with Crippen molar-refractivity contribution >= 4 is 17.4 Å². The van der Waals surface area contributed by atoms with E-state index in [1.54, 1.807) is 0 Å². The fourth-order valence-corrected chi connectivity index (χ4v) is 2.39. The van der Waals surface area contributed by atoms with Crippen molar-refractivity contribution in [3.8, 4) is 0 Å². The summed E-state index contributed by atoms with van der Waals surface area (Å²) in [6.45, 7) is 4.91. The number of hydrogen-bond donors (Lipinski definition) is 1. The lowest BCUT2D eigenvalue weighted by molar-refractivity contribution is 0.301. The van der Waals surface area contributed by atoms with Gasteiger partial charge in [-0.2, -0.15) is 0 Å². The molecule has 0 amide bonds. The van der Waals surface area contributed by atoms with Gasteiger partial charge in [0.2, 0.25) is 0 Å². The van der Waals surface area contributed by atoms with Gasteiger partial charge in [-0.05, 0) is 18.8 Å². The number of halogens is 1. The summed E-state index contributed by atoms with van der Waals surface area (Å²) in [5.74, 6) is 1.16. The summed E-state index contributed by atoms with van der Waals surface area (Å²) in [4.78, 5) is 10.6. The number of hydrogen-bond acceptors (Lipinski definition) is 4. The van der Waals surface area contributed by atoms with E-state index in [0.29, 0.717) is 17.7 Å². The van der Waals surface area contributed by atoms with Crippen molar-refractivity contribution in [1.82, 2.24) is 9.97 Å². The molecule has 1 aliphatic carbocycles. The summed E-state index contributed by atoms with van der Waals surface area (Å²) in [5.41, 5.74) is 0.981. The molecule has 0 unspecified atom stereocenters. The first-order valence-corrected chi connectivity index (χ1v) is 6.40. The molecule has 0 bridgehead atoms. The molecule has 1 aliphatic rings. The number of aliphatic hydroxyl groups excluding tert-OH is 1. The van der Waals surface area contributed by atoms with Gasteiger partial charge in [-0.3, -0.25) is 0 Å². The van der Waals surface area contributed by atoms with Gasteiger partial charge in [0.25, 0.3) is 0 Å². The predicted octanol–water partition coefficient (Wildman–Crippen LogP) is 2.21. The van der Waals surface area contributed by atoms with Gasteiger partial charge in [0.1, 0.15) is 17.3 Å².